The third kappa shape index (κ3) is 4.04. The predicted octanol–water partition coefficient (Wildman–Crippen LogP) is 2.39. The average Bonchev–Trinajstić information content (AvgIpc) is 3.56. The first-order chi connectivity index (χ1) is 17.6. The summed E-state index contributed by atoms with van der Waals surface area (Å²) in [4.78, 5) is 27.1. The van der Waals surface area contributed by atoms with E-state index in [2.05, 4.69) is 15.0 Å². The van der Waals surface area contributed by atoms with Gasteiger partial charge in [-0.25, -0.2) is 4.39 Å². The lowest BCUT2D eigenvalue weighted by Crippen LogP contribution is -2.54. The van der Waals surface area contributed by atoms with E-state index in [-0.39, 0.29) is 70.7 Å². The molecule has 5 atom stereocenters. The Hall–Kier alpha value is -2.86. The van der Waals surface area contributed by atoms with Gasteiger partial charge in [-0.1, -0.05) is 12.1 Å². The zero-order valence-electron chi connectivity index (χ0n) is 20.1. The first-order valence-corrected chi connectivity index (χ1v) is 14.8. The van der Waals surface area contributed by atoms with E-state index in [1.54, 1.807) is 17.0 Å². The average molecular weight is 547 g/mol. The molecule has 2 amide bonds. The van der Waals surface area contributed by atoms with Gasteiger partial charge in [0.1, 0.15) is 22.1 Å². The van der Waals surface area contributed by atoms with Crippen LogP contribution >= 0.6 is 11.8 Å². The van der Waals surface area contributed by atoms with Crippen LogP contribution in [0.1, 0.15) is 31.7 Å². The molecule has 1 aromatic carbocycles. The van der Waals surface area contributed by atoms with Crippen LogP contribution in [-0.2, 0) is 26.2 Å². The lowest BCUT2D eigenvalue weighted by Gasteiger charge is -2.44. The molecule has 3 heterocycles. The van der Waals surface area contributed by atoms with Crippen molar-refractivity contribution in [3.63, 3.8) is 0 Å². The van der Waals surface area contributed by atoms with Crippen LogP contribution in [0.3, 0.4) is 0 Å². The van der Waals surface area contributed by atoms with Crippen molar-refractivity contribution in [3.8, 4) is 0 Å². The first kappa shape index (κ1) is 24.5. The van der Waals surface area contributed by atoms with Gasteiger partial charge in [-0.2, -0.15) is 8.42 Å². The van der Waals surface area contributed by atoms with E-state index in [9.17, 15) is 27.5 Å². The molecular weight excluding hydrogens is 519 g/mol. The molecule has 3 aliphatic heterocycles. The Morgan fingerprint density at radius 2 is 2.00 bits per heavy atom. The molecule has 3 N–H and O–H groups in total. The number of benzene rings is 1. The molecule has 2 fully saturated rings. The number of hydrogen-bond acceptors (Lipinski definition) is 7. The number of amidine groups is 1. The number of carbonyl (C=O) groups excluding carboxylic acids is 2. The van der Waals surface area contributed by atoms with E-state index < -0.39 is 21.8 Å². The van der Waals surface area contributed by atoms with E-state index in [4.69, 9.17) is 0 Å². The molecule has 6 rings (SSSR count). The number of aliphatic hydroxyl groups excluding tert-OH is 1. The molecule has 0 spiro atoms. The van der Waals surface area contributed by atoms with Crippen LogP contribution in [0.15, 0.2) is 49.9 Å². The van der Waals surface area contributed by atoms with Gasteiger partial charge in [0.05, 0.1) is 5.03 Å². The van der Waals surface area contributed by atoms with Crippen LogP contribution in [0.25, 0.3) is 0 Å². The molecule has 0 saturated heterocycles. The van der Waals surface area contributed by atoms with Crippen LogP contribution in [0.4, 0.5) is 4.39 Å². The van der Waals surface area contributed by atoms with Gasteiger partial charge in [0, 0.05) is 43.6 Å². The molecule has 1 aromatic rings. The maximum atomic E-state index is 13.9. The van der Waals surface area contributed by atoms with Crippen molar-refractivity contribution in [1.29, 1.82) is 0 Å². The number of thioether (sulfide) groups is 1. The van der Waals surface area contributed by atoms with Crippen molar-refractivity contribution in [1.82, 2.24) is 15.5 Å². The normalized spacial score (nSPS) is 31.7. The van der Waals surface area contributed by atoms with Crippen molar-refractivity contribution in [2.45, 2.75) is 38.8 Å². The van der Waals surface area contributed by atoms with Gasteiger partial charge in [-0.05, 0) is 48.8 Å². The summed E-state index contributed by atoms with van der Waals surface area (Å²) in [5.74, 6) is -1.22. The van der Waals surface area contributed by atoms with E-state index in [0.29, 0.717) is 10.8 Å². The molecule has 5 aliphatic rings. The number of carbonyl (C=O) groups is 2. The molecular formula is C25H27FN4O5S2. The van der Waals surface area contributed by atoms with Gasteiger partial charge in [-0.15, -0.1) is 16.2 Å². The number of sulfonamides is 1. The number of rotatable bonds is 5. The first-order valence-electron chi connectivity index (χ1n) is 12.4. The monoisotopic (exact) mass is 546 g/mol. The van der Waals surface area contributed by atoms with Gasteiger partial charge >= 0.3 is 0 Å². The Balaban J connectivity index is 1.36. The summed E-state index contributed by atoms with van der Waals surface area (Å²) < 4.78 is 44.0. The summed E-state index contributed by atoms with van der Waals surface area (Å²) in [5.41, 5.74) is 0.636. The Bertz CT molecular complexity index is 1390. The number of nitrogens with zero attached hydrogens (tertiary/aromatic N) is 2. The lowest BCUT2D eigenvalue weighted by molar-refractivity contribution is -0.134. The summed E-state index contributed by atoms with van der Waals surface area (Å²) in [6, 6.07) is 5.76. The number of aliphatic hydroxyl groups is 1. The standard InChI is InChI=1S/C25H27FN4O5S2/c1-12(31)27-9-16-11-36-24-22(16)37(34,35)29-23(28-24)19-21(32)18-14-4-5-15(8-14)20(18)30(25(19)33)10-13-2-6-17(26)7-3-13/h2-3,6-7,14-16,18,20,32H,4-5,8-11H2,1H3,(H,27,31)(H,28,29)/t14-,15+,16?,18+,20-/m0/s1. The van der Waals surface area contributed by atoms with Gasteiger partial charge < -0.3 is 20.6 Å². The highest BCUT2D eigenvalue weighted by atomic mass is 32.2. The number of hydrogen-bond donors (Lipinski definition) is 3. The van der Waals surface area contributed by atoms with Gasteiger partial charge in [0.2, 0.25) is 5.91 Å². The number of fused-ring (bicyclic) bond motifs is 5. The fourth-order valence-corrected chi connectivity index (χ4v) is 9.68. The van der Waals surface area contributed by atoms with Crippen molar-refractivity contribution in [2.75, 3.05) is 12.3 Å². The quantitative estimate of drug-likeness (QED) is 0.517. The fourth-order valence-electron chi connectivity index (χ4n) is 6.60. The molecule has 0 aromatic heterocycles. The highest BCUT2D eigenvalue weighted by Gasteiger charge is 2.57. The lowest BCUT2D eigenvalue weighted by atomic mass is 9.77. The number of nitrogens with one attached hydrogen (secondary N) is 2. The maximum absolute atomic E-state index is 13.9. The molecule has 2 aliphatic carbocycles. The molecule has 0 radical (unpaired) electrons. The minimum absolute atomic E-state index is 0.0964. The molecule has 12 heteroatoms. The van der Waals surface area contributed by atoms with Crippen LogP contribution in [-0.4, -0.2) is 54.4 Å². The van der Waals surface area contributed by atoms with Crippen LogP contribution in [0.2, 0.25) is 0 Å². The zero-order valence-corrected chi connectivity index (χ0v) is 21.7. The van der Waals surface area contributed by atoms with Gasteiger partial charge in [0.15, 0.2) is 5.84 Å². The second-order valence-corrected chi connectivity index (χ2v) is 13.0. The van der Waals surface area contributed by atoms with Crippen LogP contribution in [0, 0.1) is 29.5 Å². The van der Waals surface area contributed by atoms with Gasteiger partial charge in [0.25, 0.3) is 15.9 Å². The molecule has 37 heavy (non-hydrogen) atoms. The molecule has 1 unspecified atom stereocenters. The van der Waals surface area contributed by atoms with E-state index >= 15 is 0 Å². The third-order valence-corrected chi connectivity index (χ3v) is 10.9. The Morgan fingerprint density at radius 1 is 1.27 bits per heavy atom. The molecule has 9 nitrogen and oxygen atoms in total. The second kappa shape index (κ2) is 8.87. The van der Waals surface area contributed by atoms with E-state index in [1.165, 1.54) is 30.8 Å². The molecule has 2 saturated carbocycles. The van der Waals surface area contributed by atoms with Crippen molar-refractivity contribution in [2.24, 2.45) is 28.1 Å². The minimum atomic E-state index is -4.14. The topological polar surface area (TPSA) is 128 Å². The summed E-state index contributed by atoms with van der Waals surface area (Å²) in [7, 11) is -4.14. The Kier molecular flexibility index (Phi) is 5.86. The van der Waals surface area contributed by atoms with Crippen molar-refractivity contribution >= 4 is 39.4 Å². The minimum Gasteiger partial charge on any atom is -0.511 e. The summed E-state index contributed by atoms with van der Waals surface area (Å²) >= 11 is 1.29. The number of amides is 2. The van der Waals surface area contributed by atoms with Gasteiger partial charge in [-0.3, -0.25) is 9.59 Å². The van der Waals surface area contributed by atoms with Crippen LogP contribution < -0.4 is 10.6 Å². The predicted molar refractivity (Wildman–Crippen MR) is 136 cm³/mol. The third-order valence-electron chi connectivity index (χ3n) is 8.12. The Labute approximate surface area is 218 Å². The molecule has 2 bridgehead atoms. The van der Waals surface area contributed by atoms with E-state index in [0.717, 1.165) is 24.8 Å². The smallest absolute Gasteiger partial charge is 0.283 e. The summed E-state index contributed by atoms with van der Waals surface area (Å²) in [5, 5.41) is 17.5. The number of halogens is 1. The highest BCUT2D eigenvalue weighted by Crippen LogP contribution is 2.55. The summed E-state index contributed by atoms with van der Waals surface area (Å²) in [6.45, 7) is 1.76. The zero-order chi connectivity index (χ0) is 26.1. The fraction of sp³-hybridized carbons (Fsp3) is 0.480. The molecule has 196 valence electrons. The summed E-state index contributed by atoms with van der Waals surface area (Å²) in [6.07, 6.45) is 2.81. The van der Waals surface area contributed by atoms with E-state index in [1.807, 2.05) is 0 Å². The van der Waals surface area contributed by atoms with Crippen molar-refractivity contribution in [3.05, 3.63) is 56.9 Å². The van der Waals surface area contributed by atoms with Crippen LogP contribution in [0.5, 0.6) is 0 Å². The second-order valence-electron chi connectivity index (χ2n) is 10.3. The maximum Gasteiger partial charge on any atom is 0.283 e. The highest BCUT2D eigenvalue weighted by molar-refractivity contribution is 8.05. The Morgan fingerprint density at radius 3 is 2.73 bits per heavy atom. The largest absolute Gasteiger partial charge is 0.511 e. The van der Waals surface area contributed by atoms with Crippen molar-refractivity contribution < 1.29 is 27.5 Å². The SMILES string of the molecule is CC(=O)NCC1CSC2=C1S(=O)(=O)N=C(C1=C(O)[C@@H]3[C@H]4CC[C@H](C4)[C@@H]3N(Cc3ccc(F)cc3)C1=O)N2.